The van der Waals surface area contributed by atoms with Crippen molar-refractivity contribution < 1.29 is 19.0 Å². The number of halogens is 2. The van der Waals surface area contributed by atoms with Gasteiger partial charge in [-0.2, -0.15) is 0 Å². The lowest BCUT2D eigenvalue weighted by atomic mass is 10.1. The predicted octanol–water partition coefficient (Wildman–Crippen LogP) is 2.79. The van der Waals surface area contributed by atoms with Gasteiger partial charge in [-0.1, -0.05) is 11.6 Å². The molecule has 1 N–H and O–H groups in total. The monoisotopic (exact) mass is 287 g/mol. The lowest BCUT2D eigenvalue weighted by Crippen LogP contribution is -2.46. The van der Waals surface area contributed by atoms with Crippen molar-refractivity contribution in [3.05, 3.63) is 28.5 Å². The van der Waals surface area contributed by atoms with Gasteiger partial charge < -0.3 is 14.7 Å². The molecule has 0 aromatic heterocycles. The van der Waals surface area contributed by atoms with Crippen LogP contribution in [0.15, 0.2) is 12.1 Å². The molecule has 1 aromatic carbocycles. The molecule has 1 saturated heterocycles. The molecule has 0 bridgehead atoms. The molecular formula is C13H15ClFNO3. The van der Waals surface area contributed by atoms with Gasteiger partial charge in [0, 0.05) is 13.1 Å². The summed E-state index contributed by atoms with van der Waals surface area (Å²) in [6.07, 6.45) is -0.130. The standard InChI is InChI=1S/C13H15ClFNO3/c1-7-5-16(6-8(2)19-7)12-9(13(17)18)3-4-10(15)11(12)14/h3-4,7-8H,5-6H2,1-2H3,(H,17,18). The van der Waals surface area contributed by atoms with Crippen LogP contribution in [0.3, 0.4) is 0 Å². The largest absolute Gasteiger partial charge is 0.478 e. The van der Waals surface area contributed by atoms with Gasteiger partial charge in [-0.25, -0.2) is 9.18 Å². The molecule has 1 aliphatic heterocycles. The van der Waals surface area contributed by atoms with Gasteiger partial charge in [0.15, 0.2) is 0 Å². The molecule has 0 amide bonds. The number of hydrogen-bond acceptors (Lipinski definition) is 3. The number of carboxylic acids is 1. The zero-order chi connectivity index (χ0) is 14.2. The maximum atomic E-state index is 13.6. The second kappa shape index (κ2) is 5.35. The molecule has 19 heavy (non-hydrogen) atoms. The molecule has 1 aliphatic rings. The predicted molar refractivity (Wildman–Crippen MR) is 70.6 cm³/mol. The number of nitrogens with zero attached hydrogens (tertiary/aromatic N) is 1. The fourth-order valence-corrected chi connectivity index (χ4v) is 2.67. The van der Waals surface area contributed by atoms with E-state index in [2.05, 4.69) is 0 Å². The summed E-state index contributed by atoms with van der Waals surface area (Å²) in [5.41, 5.74) is 0.240. The van der Waals surface area contributed by atoms with Crippen molar-refractivity contribution in [3.63, 3.8) is 0 Å². The van der Waals surface area contributed by atoms with E-state index in [0.29, 0.717) is 13.1 Å². The highest BCUT2D eigenvalue weighted by Crippen LogP contribution is 2.34. The van der Waals surface area contributed by atoms with Crippen molar-refractivity contribution in [1.29, 1.82) is 0 Å². The van der Waals surface area contributed by atoms with Crippen LogP contribution in [0.4, 0.5) is 10.1 Å². The average molecular weight is 288 g/mol. The Hall–Kier alpha value is -1.33. The van der Waals surface area contributed by atoms with Gasteiger partial charge >= 0.3 is 5.97 Å². The van der Waals surface area contributed by atoms with Crippen molar-refractivity contribution in [2.45, 2.75) is 26.1 Å². The average Bonchev–Trinajstić information content (AvgIpc) is 2.30. The fourth-order valence-electron chi connectivity index (χ4n) is 2.38. The van der Waals surface area contributed by atoms with Crippen LogP contribution < -0.4 is 4.90 Å². The number of hydrogen-bond donors (Lipinski definition) is 1. The molecule has 1 heterocycles. The number of ether oxygens (including phenoxy) is 1. The topological polar surface area (TPSA) is 49.8 Å². The number of carbonyl (C=O) groups is 1. The molecule has 2 unspecified atom stereocenters. The lowest BCUT2D eigenvalue weighted by molar-refractivity contribution is -0.00532. The molecular weight excluding hydrogens is 273 g/mol. The first kappa shape index (κ1) is 14.1. The summed E-state index contributed by atoms with van der Waals surface area (Å²) in [6, 6.07) is 2.31. The van der Waals surface area contributed by atoms with Gasteiger partial charge in [-0.3, -0.25) is 0 Å². The number of benzene rings is 1. The summed E-state index contributed by atoms with van der Waals surface area (Å²) in [6.45, 7) is 4.73. The number of rotatable bonds is 2. The Morgan fingerprint density at radius 2 is 2.00 bits per heavy atom. The van der Waals surface area contributed by atoms with Crippen LogP contribution in [0.1, 0.15) is 24.2 Å². The van der Waals surface area contributed by atoms with E-state index in [1.165, 1.54) is 6.07 Å². The molecule has 0 aliphatic carbocycles. The van der Waals surface area contributed by atoms with Gasteiger partial charge in [-0.15, -0.1) is 0 Å². The fraction of sp³-hybridized carbons (Fsp3) is 0.462. The Morgan fingerprint density at radius 1 is 1.42 bits per heavy atom. The molecule has 2 atom stereocenters. The maximum Gasteiger partial charge on any atom is 0.337 e. The van der Waals surface area contributed by atoms with E-state index in [9.17, 15) is 14.3 Å². The van der Waals surface area contributed by atoms with Gasteiger partial charge in [0.2, 0.25) is 0 Å². The third-order valence-electron chi connectivity index (χ3n) is 3.04. The third kappa shape index (κ3) is 2.82. The van der Waals surface area contributed by atoms with Crippen LogP contribution >= 0.6 is 11.6 Å². The summed E-state index contributed by atoms with van der Waals surface area (Å²) in [5, 5.41) is 9.05. The summed E-state index contributed by atoms with van der Waals surface area (Å²) < 4.78 is 19.2. The Balaban J connectivity index is 2.47. The summed E-state index contributed by atoms with van der Waals surface area (Å²) >= 11 is 5.95. The SMILES string of the molecule is CC1CN(c2c(C(=O)O)ccc(F)c2Cl)CC(C)O1. The van der Waals surface area contributed by atoms with E-state index in [1.807, 2.05) is 13.8 Å². The van der Waals surface area contributed by atoms with E-state index >= 15 is 0 Å². The highest BCUT2D eigenvalue weighted by atomic mass is 35.5. The molecule has 4 nitrogen and oxygen atoms in total. The molecule has 0 saturated carbocycles. The van der Waals surface area contributed by atoms with Gasteiger partial charge in [0.25, 0.3) is 0 Å². The molecule has 1 aromatic rings. The van der Waals surface area contributed by atoms with Crippen LogP contribution in [0.25, 0.3) is 0 Å². The van der Waals surface area contributed by atoms with Crippen molar-refractivity contribution in [2.75, 3.05) is 18.0 Å². The highest BCUT2D eigenvalue weighted by Gasteiger charge is 2.28. The molecule has 1 fully saturated rings. The first-order valence-corrected chi connectivity index (χ1v) is 6.39. The maximum absolute atomic E-state index is 13.6. The van der Waals surface area contributed by atoms with E-state index < -0.39 is 11.8 Å². The van der Waals surface area contributed by atoms with Gasteiger partial charge in [0.05, 0.1) is 23.5 Å². The zero-order valence-electron chi connectivity index (χ0n) is 10.7. The van der Waals surface area contributed by atoms with Gasteiger partial charge in [0.1, 0.15) is 10.8 Å². The van der Waals surface area contributed by atoms with Crippen LogP contribution in [0, 0.1) is 5.82 Å². The minimum atomic E-state index is -1.12. The van der Waals surface area contributed by atoms with Crippen LogP contribution in [-0.4, -0.2) is 36.4 Å². The Kier molecular flexibility index (Phi) is 3.96. The highest BCUT2D eigenvalue weighted by molar-refractivity contribution is 6.34. The smallest absolute Gasteiger partial charge is 0.337 e. The third-order valence-corrected chi connectivity index (χ3v) is 3.39. The normalized spacial score (nSPS) is 23.5. The summed E-state index contributed by atoms with van der Waals surface area (Å²) in [4.78, 5) is 13.0. The van der Waals surface area contributed by atoms with Crippen molar-refractivity contribution in [2.24, 2.45) is 0 Å². The molecule has 6 heteroatoms. The van der Waals surface area contributed by atoms with Crippen molar-refractivity contribution in [3.8, 4) is 0 Å². The molecule has 2 rings (SSSR count). The number of aromatic carboxylic acids is 1. The molecule has 104 valence electrons. The Bertz CT molecular complexity index is 499. The minimum Gasteiger partial charge on any atom is -0.478 e. The molecule has 0 spiro atoms. The molecule has 0 radical (unpaired) electrons. The first-order valence-electron chi connectivity index (χ1n) is 6.02. The second-order valence-electron chi connectivity index (χ2n) is 4.72. The quantitative estimate of drug-likeness (QED) is 0.909. The zero-order valence-corrected chi connectivity index (χ0v) is 11.4. The van der Waals surface area contributed by atoms with Crippen LogP contribution in [-0.2, 0) is 4.74 Å². The van der Waals surface area contributed by atoms with E-state index in [0.717, 1.165) is 6.07 Å². The van der Waals surface area contributed by atoms with E-state index in [1.54, 1.807) is 4.90 Å². The van der Waals surface area contributed by atoms with E-state index in [4.69, 9.17) is 16.3 Å². The van der Waals surface area contributed by atoms with E-state index in [-0.39, 0.29) is 28.5 Å². The Morgan fingerprint density at radius 3 is 2.53 bits per heavy atom. The van der Waals surface area contributed by atoms with Crippen molar-refractivity contribution >= 4 is 23.3 Å². The number of carboxylic acid groups (broad SMARTS) is 1. The number of morpholine rings is 1. The van der Waals surface area contributed by atoms with Crippen LogP contribution in [0.2, 0.25) is 5.02 Å². The van der Waals surface area contributed by atoms with Crippen molar-refractivity contribution in [1.82, 2.24) is 0 Å². The second-order valence-corrected chi connectivity index (χ2v) is 5.10. The van der Waals surface area contributed by atoms with Gasteiger partial charge in [-0.05, 0) is 26.0 Å². The summed E-state index contributed by atoms with van der Waals surface area (Å²) in [5.74, 6) is -1.74. The first-order chi connectivity index (χ1) is 8.90. The summed E-state index contributed by atoms with van der Waals surface area (Å²) in [7, 11) is 0. The Labute approximate surface area is 115 Å². The number of anilines is 1. The minimum absolute atomic E-state index is 0.00713. The lowest BCUT2D eigenvalue weighted by Gasteiger charge is -2.37. The van der Waals surface area contributed by atoms with Crippen LogP contribution in [0.5, 0.6) is 0 Å².